The standard InChI is InChI=1S/C22H23Cl2N3O3/c1-14-9-17(27(28)29)12-21-18(14)10-16(25(21)2)11-19-20(23)4-3-15(22(19)24)13-26-5-7-30-8-6-26/h3-4,9-10,12H,5-8,11,13H2,1-2H3. The zero-order chi connectivity index (χ0) is 21.4. The van der Waals surface area contributed by atoms with Crippen LogP contribution in [0.3, 0.4) is 0 Å². The van der Waals surface area contributed by atoms with Crippen LogP contribution in [-0.2, 0) is 24.8 Å². The predicted octanol–water partition coefficient (Wildman–Crippen LogP) is 5.12. The van der Waals surface area contributed by atoms with Crippen LogP contribution in [0, 0.1) is 17.0 Å². The first kappa shape index (κ1) is 21.1. The minimum Gasteiger partial charge on any atom is -0.379 e. The Balaban J connectivity index is 1.69. The Labute approximate surface area is 185 Å². The Morgan fingerprint density at radius 2 is 1.90 bits per heavy atom. The number of ether oxygens (including phenoxy) is 1. The van der Waals surface area contributed by atoms with Crippen molar-refractivity contribution in [2.24, 2.45) is 7.05 Å². The summed E-state index contributed by atoms with van der Waals surface area (Å²) in [5, 5.41) is 13.5. The molecule has 0 bridgehead atoms. The largest absolute Gasteiger partial charge is 0.379 e. The number of non-ortho nitro benzene ring substituents is 1. The Kier molecular flexibility index (Phi) is 6.02. The monoisotopic (exact) mass is 447 g/mol. The van der Waals surface area contributed by atoms with E-state index in [9.17, 15) is 10.1 Å². The van der Waals surface area contributed by atoms with Gasteiger partial charge < -0.3 is 9.30 Å². The molecule has 0 spiro atoms. The number of morpholine rings is 1. The van der Waals surface area contributed by atoms with Gasteiger partial charge in [0.2, 0.25) is 0 Å². The van der Waals surface area contributed by atoms with Crippen molar-refractivity contribution in [2.75, 3.05) is 26.3 Å². The lowest BCUT2D eigenvalue weighted by molar-refractivity contribution is -0.384. The molecule has 158 valence electrons. The van der Waals surface area contributed by atoms with Gasteiger partial charge in [0.05, 0.1) is 28.7 Å². The number of halogens is 2. The second-order valence-corrected chi connectivity index (χ2v) is 8.50. The first-order valence-corrected chi connectivity index (χ1v) is 10.6. The minimum atomic E-state index is -0.359. The molecule has 2 heterocycles. The second-order valence-electron chi connectivity index (χ2n) is 7.71. The average Bonchev–Trinajstić information content (AvgIpc) is 3.04. The summed E-state index contributed by atoms with van der Waals surface area (Å²) in [5.74, 6) is 0. The number of benzene rings is 2. The van der Waals surface area contributed by atoms with Gasteiger partial charge in [0.25, 0.3) is 5.69 Å². The molecule has 30 heavy (non-hydrogen) atoms. The predicted molar refractivity (Wildman–Crippen MR) is 120 cm³/mol. The molecule has 1 saturated heterocycles. The molecule has 1 fully saturated rings. The van der Waals surface area contributed by atoms with Crippen molar-refractivity contribution in [1.82, 2.24) is 9.47 Å². The van der Waals surface area contributed by atoms with Gasteiger partial charge in [0.1, 0.15) is 0 Å². The fraction of sp³-hybridized carbons (Fsp3) is 0.364. The van der Waals surface area contributed by atoms with E-state index >= 15 is 0 Å². The number of fused-ring (bicyclic) bond motifs is 1. The normalized spacial score (nSPS) is 15.1. The van der Waals surface area contributed by atoms with E-state index in [2.05, 4.69) is 11.0 Å². The molecule has 0 aliphatic carbocycles. The molecule has 1 aromatic heterocycles. The molecule has 0 radical (unpaired) electrons. The third kappa shape index (κ3) is 4.05. The summed E-state index contributed by atoms with van der Waals surface area (Å²) in [5.41, 5.74) is 4.72. The lowest BCUT2D eigenvalue weighted by Gasteiger charge is -2.27. The van der Waals surface area contributed by atoms with E-state index in [1.54, 1.807) is 12.1 Å². The maximum atomic E-state index is 11.2. The summed E-state index contributed by atoms with van der Waals surface area (Å²) in [6.45, 7) is 5.89. The number of nitro benzene ring substituents is 1. The third-order valence-electron chi connectivity index (χ3n) is 5.79. The fourth-order valence-electron chi connectivity index (χ4n) is 4.03. The number of hydrogen-bond donors (Lipinski definition) is 0. The maximum absolute atomic E-state index is 11.2. The first-order chi connectivity index (χ1) is 14.3. The maximum Gasteiger partial charge on any atom is 0.271 e. The lowest BCUT2D eigenvalue weighted by Crippen LogP contribution is -2.35. The van der Waals surface area contributed by atoms with Gasteiger partial charge in [-0.15, -0.1) is 0 Å². The zero-order valence-corrected chi connectivity index (χ0v) is 18.5. The van der Waals surface area contributed by atoms with Crippen molar-refractivity contribution in [2.45, 2.75) is 19.9 Å². The molecule has 0 saturated carbocycles. The molecule has 0 unspecified atom stereocenters. The number of rotatable bonds is 5. The van der Waals surface area contributed by atoms with E-state index in [0.717, 1.165) is 66.1 Å². The van der Waals surface area contributed by atoms with Gasteiger partial charge in [0.15, 0.2) is 0 Å². The smallest absolute Gasteiger partial charge is 0.271 e. The highest BCUT2D eigenvalue weighted by molar-refractivity contribution is 6.36. The summed E-state index contributed by atoms with van der Waals surface area (Å²) in [7, 11) is 1.92. The minimum absolute atomic E-state index is 0.0938. The highest BCUT2D eigenvalue weighted by Crippen LogP contribution is 2.34. The lowest BCUT2D eigenvalue weighted by atomic mass is 10.0. The van der Waals surface area contributed by atoms with Gasteiger partial charge in [-0.3, -0.25) is 15.0 Å². The van der Waals surface area contributed by atoms with Gasteiger partial charge in [-0.2, -0.15) is 0 Å². The molecule has 4 rings (SSSR count). The van der Waals surface area contributed by atoms with Crippen molar-refractivity contribution >= 4 is 39.8 Å². The van der Waals surface area contributed by atoms with Crippen molar-refractivity contribution in [3.05, 3.63) is 72.9 Å². The topological polar surface area (TPSA) is 60.5 Å². The molecule has 0 amide bonds. The van der Waals surface area contributed by atoms with Crippen molar-refractivity contribution in [3.8, 4) is 0 Å². The van der Waals surface area contributed by atoms with Crippen LogP contribution in [0.25, 0.3) is 10.9 Å². The molecule has 6 nitrogen and oxygen atoms in total. The fourth-order valence-corrected chi connectivity index (χ4v) is 4.60. The summed E-state index contributed by atoms with van der Waals surface area (Å²) in [6.07, 6.45) is 0.549. The molecule has 2 aromatic carbocycles. The SMILES string of the molecule is Cc1cc([N+](=O)[O-])cc2c1cc(Cc1c(Cl)ccc(CN3CCOCC3)c1Cl)n2C. The Morgan fingerprint density at radius 3 is 2.60 bits per heavy atom. The van der Waals surface area contributed by atoms with Gasteiger partial charge in [-0.25, -0.2) is 0 Å². The van der Waals surface area contributed by atoms with Crippen LogP contribution in [-0.4, -0.2) is 40.7 Å². The van der Waals surface area contributed by atoms with Crippen LogP contribution in [0.2, 0.25) is 10.0 Å². The average molecular weight is 448 g/mol. The van der Waals surface area contributed by atoms with Crippen LogP contribution in [0.1, 0.15) is 22.4 Å². The molecular formula is C22H23Cl2N3O3. The van der Waals surface area contributed by atoms with Gasteiger partial charge >= 0.3 is 0 Å². The number of nitrogens with zero attached hydrogens (tertiary/aromatic N) is 3. The van der Waals surface area contributed by atoms with Gasteiger partial charge in [0, 0.05) is 61.3 Å². The molecule has 1 aliphatic rings. The number of aromatic nitrogens is 1. The molecule has 1 aliphatic heterocycles. The quantitative estimate of drug-likeness (QED) is 0.401. The van der Waals surface area contributed by atoms with Crippen molar-refractivity contribution < 1.29 is 9.66 Å². The number of hydrogen-bond acceptors (Lipinski definition) is 4. The molecule has 8 heteroatoms. The molecule has 0 N–H and O–H groups in total. The van der Waals surface area contributed by atoms with E-state index < -0.39 is 0 Å². The molecular weight excluding hydrogens is 425 g/mol. The van der Waals surface area contributed by atoms with Gasteiger partial charge in [-0.1, -0.05) is 29.3 Å². The van der Waals surface area contributed by atoms with E-state index in [0.29, 0.717) is 16.5 Å². The van der Waals surface area contributed by atoms with E-state index in [4.69, 9.17) is 27.9 Å². The summed E-state index contributed by atoms with van der Waals surface area (Å²) >= 11 is 13.3. The highest BCUT2D eigenvalue weighted by atomic mass is 35.5. The Bertz CT molecular complexity index is 1120. The van der Waals surface area contributed by atoms with Gasteiger partial charge in [-0.05, 0) is 35.7 Å². The molecule has 3 aromatic rings. The summed E-state index contributed by atoms with van der Waals surface area (Å²) < 4.78 is 7.41. The Morgan fingerprint density at radius 1 is 1.17 bits per heavy atom. The van der Waals surface area contributed by atoms with E-state index in [-0.39, 0.29) is 10.6 Å². The summed E-state index contributed by atoms with van der Waals surface area (Å²) in [4.78, 5) is 13.2. The van der Waals surface area contributed by atoms with Crippen LogP contribution in [0.15, 0.2) is 30.3 Å². The van der Waals surface area contributed by atoms with Crippen LogP contribution < -0.4 is 0 Å². The number of nitro groups is 1. The third-order valence-corrected chi connectivity index (χ3v) is 6.61. The van der Waals surface area contributed by atoms with E-state index in [1.807, 2.05) is 30.7 Å². The Hall–Kier alpha value is -2.12. The second kappa shape index (κ2) is 8.55. The van der Waals surface area contributed by atoms with Crippen molar-refractivity contribution in [3.63, 3.8) is 0 Å². The molecule has 0 atom stereocenters. The van der Waals surface area contributed by atoms with Crippen LogP contribution in [0.5, 0.6) is 0 Å². The highest BCUT2D eigenvalue weighted by Gasteiger charge is 2.19. The summed E-state index contributed by atoms with van der Waals surface area (Å²) in [6, 6.07) is 9.17. The van der Waals surface area contributed by atoms with E-state index in [1.165, 1.54) is 0 Å². The van der Waals surface area contributed by atoms with Crippen molar-refractivity contribution in [1.29, 1.82) is 0 Å². The number of aryl methyl sites for hydroxylation is 2. The van der Waals surface area contributed by atoms with Crippen LogP contribution >= 0.6 is 23.2 Å². The first-order valence-electron chi connectivity index (χ1n) is 9.84. The zero-order valence-electron chi connectivity index (χ0n) is 17.0. The van der Waals surface area contributed by atoms with Crippen LogP contribution in [0.4, 0.5) is 5.69 Å².